The molecule has 1 heterocycles. The van der Waals surface area contributed by atoms with E-state index in [2.05, 4.69) is 5.32 Å². The van der Waals surface area contributed by atoms with Gasteiger partial charge in [-0.25, -0.2) is 8.42 Å². The molecule has 10 heteroatoms. The van der Waals surface area contributed by atoms with E-state index in [0.29, 0.717) is 32.0 Å². The summed E-state index contributed by atoms with van der Waals surface area (Å²) >= 11 is 5.76. The fourth-order valence-corrected chi connectivity index (χ4v) is 4.72. The van der Waals surface area contributed by atoms with Gasteiger partial charge in [-0.15, -0.1) is 12.4 Å². The Morgan fingerprint density at radius 1 is 1.24 bits per heavy atom. The SMILES string of the molecule is Cl.O=[N+]([O-])c1cc(Cl)ccc1S(=O)(=O)N1CCC(NCC2CC2)CC1. The maximum atomic E-state index is 12.8. The van der Waals surface area contributed by atoms with Gasteiger partial charge in [0.05, 0.1) is 4.92 Å². The van der Waals surface area contributed by atoms with Crippen LogP contribution in [-0.4, -0.2) is 43.3 Å². The first-order valence-corrected chi connectivity index (χ1v) is 9.87. The molecule has 1 saturated heterocycles. The molecule has 2 fully saturated rings. The minimum atomic E-state index is -3.89. The Kier molecular flexibility index (Phi) is 6.67. The van der Waals surface area contributed by atoms with E-state index in [1.807, 2.05) is 0 Å². The van der Waals surface area contributed by atoms with E-state index in [1.54, 1.807) is 0 Å². The number of sulfonamides is 1. The van der Waals surface area contributed by atoms with Gasteiger partial charge < -0.3 is 5.32 Å². The maximum Gasteiger partial charge on any atom is 0.290 e. The number of halogens is 2. The van der Waals surface area contributed by atoms with Crippen LogP contribution < -0.4 is 5.32 Å². The molecule has 140 valence electrons. The zero-order chi connectivity index (χ0) is 17.3. The highest BCUT2D eigenvalue weighted by molar-refractivity contribution is 7.89. The third kappa shape index (κ3) is 4.83. The second-order valence-corrected chi connectivity index (χ2v) is 8.74. The average molecular weight is 410 g/mol. The van der Waals surface area contributed by atoms with E-state index in [0.717, 1.165) is 18.5 Å². The van der Waals surface area contributed by atoms with Crippen molar-refractivity contribution in [1.29, 1.82) is 0 Å². The molecule has 1 aliphatic heterocycles. The molecule has 0 aromatic heterocycles. The predicted molar refractivity (Wildman–Crippen MR) is 97.9 cm³/mol. The summed E-state index contributed by atoms with van der Waals surface area (Å²) in [5.74, 6) is 0.781. The van der Waals surface area contributed by atoms with Crippen LogP contribution >= 0.6 is 24.0 Å². The topological polar surface area (TPSA) is 92.5 Å². The van der Waals surface area contributed by atoms with Crippen molar-refractivity contribution in [2.24, 2.45) is 5.92 Å². The summed E-state index contributed by atoms with van der Waals surface area (Å²) in [5, 5.41) is 14.8. The molecule has 25 heavy (non-hydrogen) atoms. The third-order valence-electron chi connectivity index (χ3n) is 4.58. The van der Waals surface area contributed by atoms with Gasteiger partial charge in [-0.2, -0.15) is 4.31 Å². The zero-order valence-corrected chi connectivity index (χ0v) is 15.9. The van der Waals surface area contributed by atoms with Crippen molar-refractivity contribution in [3.05, 3.63) is 33.3 Å². The Hall–Kier alpha value is -0.930. The van der Waals surface area contributed by atoms with Crippen LogP contribution in [-0.2, 0) is 10.0 Å². The Labute approximate surface area is 158 Å². The van der Waals surface area contributed by atoms with Crippen LogP contribution in [0.25, 0.3) is 0 Å². The van der Waals surface area contributed by atoms with Crippen LogP contribution in [0.4, 0.5) is 5.69 Å². The van der Waals surface area contributed by atoms with Gasteiger partial charge in [-0.1, -0.05) is 11.6 Å². The van der Waals surface area contributed by atoms with Crippen LogP contribution in [0.2, 0.25) is 5.02 Å². The Bertz CT molecular complexity index is 732. The summed E-state index contributed by atoms with van der Waals surface area (Å²) in [7, 11) is -3.89. The average Bonchev–Trinajstić information content (AvgIpc) is 3.37. The fraction of sp³-hybridized carbons (Fsp3) is 0.600. The lowest BCUT2D eigenvalue weighted by atomic mass is 10.1. The van der Waals surface area contributed by atoms with Crippen LogP contribution in [0.1, 0.15) is 25.7 Å². The van der Waals surface area contributed by atoms with E-state index in [-0.39, 0.29) is 22.3 Å². The number of hydrogen-bond acceptors (Lipinski definition) is 5. The molecule has 0 unspecified atom stereocenters. The Balaban J connectivity index is 0.00000225. The third-order valence-corrected chi connectivity index (χ3v) is 6.76. The highest BCUT2D eigenvalue weighted by atomic mass is 35.5. The number of hydrogen-bond donors (Lipinski definition) is 1. The lowest BCUT2D eigenvalue weighted by Gasteiger charge is -2.31. The Morgan fingerprint density at radius 3 is 2.44 bits per heavy atom. The number of rotatable bonds is 6. The molecule has 0 atom stereocenters. The number of nitrogens with one attached hydrogen (secondary N) is 1. The number of nitrogens with zero attached hydrogens (tertiary/aromatic N) is 2. The number of piperidine rings is 1. The number of nitro groups is 1. The van der Waals surface area contributed by atoms with E-state index in [9.17, 15) is 18.5 Å². The highest BCUT2D eigenvalue weighted by Crippen LogP contribution is 2.31. The first kappa shape index (κ1) is 20.4. The molecule has 1 saturated carbocycles. The van der Waals surface area contributed by atoms with Gasteiger partial charge in [0.15, 0.2) is 4.90 Å². The van der Waals surface area contributed by atoms with Gasteiger partial charge >= 0.3 is 0 Å². The molecule has 0 radical (unpaired) electrons. The van der Waals surface area contributed by atoms with Crippen LogP contribution in [0.3, 0.4) is 0 Å². The minimum absolute atomic E-state index is 0. The normalized spacial score (nSPS) is 19.4. The van der Waals surface area contributed by atoms with Crippen molar-refractivity contribution in [2.45, 2.75) is 36.6 Å². The van der Waals surface area contributed by atoms with Crippen molar-refractivity contribution in [3.8, 4) is 0 Å². The lowest BCUT2D eigenvalue weighted by Crippen LogP contribution is -2.45. The smallest absolute Gasteiger partial charge is 0.290 e. The van der Waals surface area contributed by atoms with Crippen LogP contribution in [0.5, 0.6) is 0 Å². The van der Waals surface area contributed by atoms with Gasteiger partial charge in [0.2, 0.25) is 10.0 Å². The van der Waals surface area contributed by atoms with E-state index >= 15 is 0 Å². The van der Waals surface area contributed by atoms with Crippen molar-refractivity contribution in [3.63, 3.8) is 0 Å². The van der Waals surface area contributed by atoms with Gasteiger partial charge in [0, 0.05) is 30.2 Å². The second-order valence-electron chi connectivity index (χ2n) is 6.40. The van der Waals surface area contributed by atoms with Gasteiger partial charge in [-0.3, -0.25) is 10.1 Å². The number of benzene rings is 1. The summed E-state index contributed by atoms with van der Waals surface area (Å²) in [6, 6.07) is 3.98. The Morgan fingerprint density at radius 2 is 1.88 bits per heavy atom. The fourth-order valence-electron chi connectivity index (χ4n) is 2.95. The van der Waals surface area contributed by atoms with Crippen LogP contribution in [0.15, 0.2) is 23.1 Å². The van der Waals surface area contributed by atoms with Crippen molar-refractivity contribution in [2.75, 3.05) is 19.6 Å². The molecule has 0 bridgehead atoms. The van der Waals surface area contributed by atoms with Gasteiger partial charge in [0.25, 0.3) is 5.69 Å². The molecular formula is C15H21Cl2N3O4S. The first-order valence-electron chi connectivity index (χ1n) is 8.05. The zero-order valence-electron chi connectivity index (χ0n) is 13.6. The van der Waals surface area contributed by atoms with Gasteiger partial charge in [-0.05, 0) is 50.3 Å². The molecule has 3 rings (SSSR count). The maximum absolute atomic E-state index is 12.8. The van der Waals surface area contributed by atoms with Crippen molar-refractivity contribution < 1.29 is 13.3 Å². The van der Waals surface area contributed by atoms with E-state index in [1.165, 1.54) is 29.3 Å². The molecule has 2 aliphatic rings. The highest BCUT2D eigenvalue weighted by Gasteiger charge is 2.34. The first-order chi connectivity index (χ1) is 11.4. The van der Waals surface area contributed by atoms with Crippen molar-refractivity contribution in [1.82, 2.24) is 9.62 Å². The largest absolute Gasteiger partial charge is 0.314 e. The van der Waals surface area contributed by atoms with Crippen molar-refractivity contribution >= 4 is 39.7 Å². The monoisotopic (exact) mass is 409 g/mol. The molecule has 1 aromatic carbocycles. The molecule has 1 aromatic rings. The minimum Gasteiger partial charge on any atom is -0.314 e. The molecule has 7 nitrogen and oxygen atoms in total. The van der Waals surface area contributed by atoms with E-state index < -0.39 is 20.6 Å². The molecular weight excluding hydrogens is 389 g/mol. The summed E-state index contributed by atoms with van der Waals surface area (Å²) in [4.78, 5) is 10.2. The summed E-state index contributed by atoms with van der Waals surface area (Å²) in [5.41, 5.74) is -0.475. The molecule has 0 spiro atoms. The second kappa shape index (κ2) is 8.18. The quantitative estimate of drug-likeness (QED) is 0.575. The molecule has 0 amide bonds. The summed E-state index contributed by atoms with van der Waals surface area (Å²) < 4.78 is 26.9. The van der Waals surface area contributed by atoms with Crippen LogP contribution in [0, 0.1) is 16.0 Å². The molecule has 1 N–H and O–H groups in total. The summed E-state index contributed by atoms with van der Waals surface area (Å²) in [6.07, 6.45) is 3.99. The standard InChI is InChI=1S/C15H20ClN3O4S.ClH/c16-12-3-4-15(14(9-12)19(20)21)24(22,23)18-7-5-13(6-8-18)17-10-11-1-2-11;/h3-4,9,11,13,17H,1-2,5-8,10H2;1H. The molecule has 1 aliphatic carbocycles. The lowest BCUT2D eigenvalue weighted by molar-refractivity contribution is -0.387. The van der Waals surface area contributed by atoms with E-state index in [4.69, 9.17) is 11.6 Å². The predicted octanol–water partition coefficient (Wildman–Crippen LogP) is 2.82. The van der Waals surface area contributed by atoms with Gasteiger partial charge in [0.1, 0.15) is 0 Å². The number of nitro benzene ring substituents is 1. The summed E-state index contributed by atoms with van der Waals surface area (Å²) in [6.45, 7) is 1.73.